The van der Waals surface area contributed by atoms with Crippen molar-refractivity contribution >= 4 is 33.7 Å². The SMILES string of the molecule is Cc1csc([C@@H](O)[C@@H]2CCCN(c3nnnc4cc(N5CCOCC5)ccc34)C2)n1. The van der Waals surface area contributed by atoms with E-state index in [1.165, 1.54) is 11.3 Å². The van der Waals surface area contributed by atoms with Gasteiger partial charge in [-0.05, 0) is 43.2 Å². The molecule has 2 aliphatic heterocycles. The molecule has 0 radical (unpaired) electrons. The van der Waals surface area contributed by atoms with Gasteiger partial charge in [-0.15, -0.1) is 21.5 Å². The quantitative estimate of drug-likeness (QED) is 0.681. The first-order chi connectivity index (χ1) is 14.7. The number of hydrogen-bond acceptors (Lipinski definition) is 9. The molecule has 9 heteroatoms. The molecule has 2 saturated heterocycles. The second-order valence-corrected chi connectivity index (χ2v) is 8.92. The van der Waals surface area contributed by atoms with Crippen LogP contribution in [0.3, 0.4) is 0 Å². The van der Waals surface area contributed by atoms with Crippen LogP contribution in [0, 0.1) is 12.8 Å². The normalized spacial score (nSPS) is 21.2. The van der Waals surface area contributed by atoms with Gasteiger partial charge in [0.05, 0.1) is 13.2 Å². The van der Waals surface area contributed by atoms with Gasteiger partial charge in [0.2, 0.25) is 0 Å². The van der Waals surface area contributed by atoms with E-state index in [9.17, 15) is 5.11 Å². The number of thiazole rings is 1. The van der Waals surface area contributed by atoms with E-state index in [1.807, 2.05) is 12.3 Å². The minimum Gasteiger partial charge on any atom is -0.386 e. The van der Waals surface area contributed by atoms with Gasteiger partial charge in [0.25, 0.3) is 0 Å². The van der Waals surface area contributed by atoms with Crippen molar-refractivity contribution in [2.45, 2.75) is 25.9 Å². The summed E-state index contributed by atoms with van der Waals surface area (Å²) >= 11 is 1.53. The fourth-order valence-corrected chi connectivity index (χ4v) is 5.25. The Hall–Kier alpha value is -2.36. The van der Waals surface area contributed by atoms with E-state index < -0.39 is 6.10 Å². The van der Waals surface area contributed by atoms with Crippen LogP contribution in [-0.2, 0) is 4.74 Å². The van der Waals surface area contributed by atoms with Gasteiger partial charge in [0.15, 0.2) is 5.82 Å². The zero-order chi connectivity index (χ0) is 20.5. The molecule has 158 valence electrons. The number of benzene rings is 1. The molecule has 30 heavy (non-hydrogen) atoms. The van der Waals surface area contributed by atoms with Gasteiger partial charge in [-0.25, -0.2) is 4.98 Å². The second kappa shape index (κ2) is 8.41. The van der Waals surface area contributed by atoms with Gasteiger partial charge < -0.3 is 19.6 Å². The third-order valence-corrected chi connectivity index (χ3v) is 7.02. The minimum atomic E-state index is -0.541. The van der Waals surface area contributed by atoms with Gasteiger partial charge in [-0.2, -0.15) is 0 Å². The number of hydrogen-bond donors (Lipinski definition) is 1. The number of aryl methyl sites for hydroxylation is 1. The second-order valence-electron chi connectivity index (χ2n) is 8.03. The summed E-state index contributed by atoms with van der Waals surface area (Å²) in [5.74, 6) is 0.975. The highest BCUT2D eigenvalue weighted by molar-refractivity contribution is 7.09. The van der Waals surface area contributed by atoms with E-state index in [4.69, 9.17) is 4.74 Å². The minimum absolute atomic E-state index is 0.127. The average Bonchev–Trinajstić information content (AvgIpc) is 3.24. The molecule has 2 aromatic heterocycles. The first kappa shape index (κ1) is 19.6. The maximum Gasteiger partial charge on any atom is 0.162 e. The molecule has 2 atom stereocenters. The standard InChI is InChI=1S/C21H26N6O2S/c1-14-13-30-21(22-14)19(28)15-3-2-6-27(12-15)20-17-5-4-16(11-18(17)23-25-24-20)26-7-9-29-10-8-26/h4-5,11,13,15,19,28H,2-3,6-10,12H2,1H3/t15-,19+/m1/s1. The Balaban J connectivity index is 1.39. The average molecular weight is 427 g/mol. The Bertz CT molecular complexity index is 1020. The van der Waals surface area contributed by atoms with E-state index >= 15 is 0 Å². The van der Waals surface area contributed by atoms with Crippen molar-refractivity contribution in [1.29, 1.82) is 0 Å². The van der Waals surface area contributed by atoms with Gasteiger partial charge in [0, 0.05) is 54.2 Å². The number of aromatic nitrogens is 4. The predicted molar refractivity (Wildman–Crippen MR) is 117 cm³/mol. The molecular weight excluding hydrogens is 400 g/mol. The van der Waals surface area contributed by atoms with Crippen LogP contribution >= 0.6 is 11.3 Å². The molecule has 1 aromatic carbocycles. The van der Waals surface area contributed by atoms with Crippen LogP contribution in [0.1, 0.15) is 29.6 Å². The molecule has 2 fully saturated rings. The van der Waals surface area contributed by atoms with Crippen LogP contribution < -0.4 is 9.80 Å². The van der Waals surface area contributed by atoms with E-state index in [0.29, 0.717) is 0 Å². The molecule has 2 aliphatic rings. The first-order valence-electron chi connectivity index (χ1n) is 10.5. The molecule has 0 spiro atoms. The van der Waals surface area contributed by atoms with E-state index in [0.717, 1.165) is 85.3 Å². The monoisotopic (exact) mass is 426 g/mol. The lowest BCUT2D eigenvalue weighted by molar-refractivity contribution is 0.0976. The molecule has 0 unspecified atom stereocenters. The van der Waals surface area contributed by atoms with Crippen molar-refractivity contribution in [3.05, 3.63) is 34.3 Å². The summed E-state index contributed by atoms with van der Waals surface area (Å²) in [6.07, 6.45) is 1.44. The fourth-order valence-electron chi connectivity index (χ4n) is 4.38. The van der Waals surface area contributed by atoms with E-state index in [2.05, 4.69) is 48.4 Å². The topological polar surface area (TPSA) is 87.5 Å². The molecule has 4 heterocycles. The highest BCUT2D eigenvalue weighted by atomic mass is 32.1. The van der Waals surface area contributed by atoms with Crippen LogP contribution in [0.2, 0.25) is 0 Å². The summed E-state index contributed by atoms with van der Waals surface area (Å²) in [7, 11) is 0. The van der Waals surface area contributed by atoms with Crippen LogP contribution in [-0.4, -0.2) is 64.9 Å². The number of piperidine rings is 1. The third-order valence-electron chi connectivity index (χ3n) is 5.98. The first-order valence-corrected chi connectivity index (χ1v) is 11.4. The zero-order valence-corrected chi connectivity index (χ0v) is 17.9. The summed E-state index contributed by atoms with van der Waals surface area (Å²) in [5.41, 5.74) is 2.95. The van der Waals surface area contributed by atoms with Crippen LogP contribution in [0.25, 0.3) is 10.9 Å². The van der Waals surface area contributed by atoms with Gasteiger partial charge in [-0.3, -0.25) is 0 Å². The molecule has 5 rings (SSSR count). The molecule has 0 saturated carbocycles. The van der Waals surface area contributed by atoms with Crippen LogP contribution in [0.15, 0.2) is 23.6 Å². The number of morpholine rings is 1. The predicted octanol–water partition coefficient (Wildman–Crippen LogP) is 2.58. The smallest absolute Gasteiger partial charge is 0.162 e. The van der Waals surface area contributed by atoms with Gasteiger partial charge >= 0.3 is 0 Å². The Morgan fingerprint density at radius 3 is 2.83 bits per heavy atom. The Kier molecular flexibility index (Phi) is 5.49. The van der Waals surface area contributed by atoms with E-state index in [1.54, 1.807) is 0 Å². The number of nitrogens with zero attached hydrogens (tertiary/aromatic N) is 6. The zero-order valence-electron chi connectivity index (χ0n) is 17.1. The summed E-state index contributed by atoms with van der Waals surface area (Å²) < 4.78 is 5.46. The lowest BCUT2D eigenvalue weighted by Crippen LogP contribution is -2.38. The molecule has 3 aromatic rings. The van der Waals surface area contributed by atoms with E-state index in [-0.39, 0.29) is 5.92 Å². The number of aliphatic hydroxyl groups is 1. The highest BCUT2D eigenvalue weighted by Gasteiger charge is 2.30. The highest BCUT2D eigenvalue weighted by Crippen LogP contribution is 2.35. The lowest BCUT2D eigenvalue weighted by Gasteiger charge is -2.35. The summed E-state index contributed by atoms with van der Waals surface area (Å²) in [6.45, 7) is 6.88. The maximum absolute atomic E-state index is 10.9. The number of ether oxygens (including phenoxy) is 1. The van der Waals surface area contributed by atoms with Gasteiger partial charge in [0.1, 0.15) is 16.6 Å². The van der Waals surface area contributed by atoms with Crippen molar-refractivity contribution in [2.24, 2.45) is 5.92 Å². The Morgan fingerprint density at radius 2 is 2.03 bits per heavy atom. The molecule has 0 bridgehead atoms. The summed E-state index contributed by atoms with van der Waals surface area (Å²) in [5, 5.41) is 27.4. The van der Waals surface area contributed by atoms with Crippen LogP contribution in [0.5, 0.6) is 0 Å². The fraction of sp³-hybridized carbons (Fsp3) is 0.524. The van der Waals surface area contributed by atoms with Crippen molar-refractivity contribution in [2.75, 3.05) is 49.2 Å². The molecule has 0 aliphatic carbocycles. The number of anilines is 2. The summed E-state index contributed by atoms with van der Waals surface area (Å²) in [4.78, 5) is 9.04. The largest absolute Gasteiger partial charge is 0.386 e. The van der Waals surface area contributed by atoms with Crippen molar-refractivity contribution in [3.8, 4) is 0 Å². The summed E-state index contributed by atoms with van der Waals surface area (Å²) in [6, 6.07) is 6.32. The number of aliphatic hydroxyl groups excluding tert-OH is 1. The van der Waals surface area contributed by atoms with Crippen LogP contribution in [0.4, 0.5) is 11.5 Å². The van der Waals surface area contributed by atoms with Crippen molar-refractivity contribution in [1.82, 2.24) is 20.4 Å². The number of rotatable bonds is 4. The van der Waals surface area contributed by atoms with Gasteiger partial charge in [-0.1, -0.05) is 0 Å². The maximum atomic E-state index is 10.9. The lowest BCUT2D eigenvalue weighted by atomic mass is 9.92. The Labute approximate surface area is 179 Å². The van der Waals surface area contributed by atoms with Crippen molar-refractivity contribution in [3.63, 3.8) is 0 Å². The molecule has 0 amide bonds. The molecule has 8 nitrogen and oxygen atoms in total. The molecular formula is C21H26N6O2S. The number of fused-ring (bicyclic) bond motifs is 1. The Morgan fingerprint density at radius 1 is 1.17 bits per heavy atom. The van der Waals surface area contributed by atoms with Crippen molar-refractivity contribution < 1.29 is 9.84 Å². The third kappa shape index (κ3) is 3.84. The molecule has 1 N–H and O–H groups in total.